The van der Waals surface area contributed by atoms with E-state index in [1.165, 1.54) is 0 Å². The van der Waals surface area contributed by atoms with Crippen LogP contribution in [0.4, 0.5) is 4.79 Å². The Hall–Kier alpha value is -2.62. The Bertz CT molecular complexity index is 661. The summed E-state index contributed by atoms with van der Waals surface area (Å²) < 4.78 is 10.2. The molecule has 0 radical (unpaired) electrons. The van der Waals surface area contributed by atoms with Crippen LogP contribution in [-0.2, 0) is 9.47 Å². The fraction of sp³-hybridized carbons (Fsp3) is 0.176. The second kappa shape index (κ2) is 5.40. The van der Waals surface area contributed by atoms with Gasteiger partial charge in [0.15, 0.2) is 6.10 Å². The van der Waals surface area contributed by atoms with Crippen LogP contribution in [0.25, 0.3) is 0 Å². The molecule has 0 aromatic heterocycles. The smallest absolute Gasteiger partial charge is 0.422 e. The number of Topliss-reactive ketones (excluding diaryl/α,β-unsaturated/α-hetero) is 1. The molecule has 106 valence electrons. The molecule has 2 aromatic carbocycles. The van der Waals surface area contributed by atoms with Crippen LogP contribution in [0, 0.1) is 6.92 Å². The molecule has 0 spiro atoms. The maximum absolute atomic E-state index is 12.5. The third-order valence-corrected chi connectivity index (χ3v) is 3.44. The van der Waals surface area contributed by atoms with Crippen LogP contribution >= 0.6 is 0 Å². The monoisotopic (exact) mass is 282 g/mol. The number of cyclic esters (lactones) is 2. The lowest BCUT2D eigenvalue weighted by Gasteiger charge is -2.15. The van der Waals surface area contributed by atoms with E-state index in [1.54, 1.807) is 24.3 Å². The minimum Gasteiger partial charge on any atom is -0.422 e. The number of carbonyl (C=O) groups is 2. The lowest BCUT2D eigenvalue weighted by atomic mass is 9.97. The Kier molecular flexibility index (Phi) is 3.44. The summed E-state index contributed by atoms with van der Waals surface area (Å²) in [6, 6.07) is 16.3. The number of hydrogen-bond donors (Lipinski definition) is 0. The Morgan fingerprint density at radius 3 is 2.29 bits per heavy atom. The van der Waals surface area contributed by atoms with Crippen LogP contribution in [0.2, 0.25) is 0 Å². The van der Waals surface area contributed by atoms with E-state index in [4.69, 9.17) is 9.47 Å². The molecule has 3 rings (SSSR count). The highest BCUT2D eigenvalue weighted by Crippen LogP contribution is 2.32. The zero-order valence-corrected chi connectivity index (χ0v) is 11.5. The topological polar surface area (TPSA) is 52.6 Å². The highest BCUT2D eigenvalue weighted by atomic mass is 16.8. The van der Waals surface area contributed by atoms with Crippen LogP contribution in [0.3, 0.4) is 0 Å². The molecule has 2 aromatic rings. The maximum atomic E-state index is 12.5. The third-order valence-electron chi connectivity index (χ3n) is 3.44. The van der Waals surface area contributed by atoms with Crippen molar-refractivity contribution >= 4 is 11.9 Å². The summed E-state index contributed by atoms with van der Waals surface area (Å²) in [7, 11) is 0. The predicted molar refractivity (Wildman–Crippen MR) is 76.0 cm³/mol. The van der Waals surface area contributed by atoms with Gasteiger partial charge in [0.2, 0.25) is 11.9 Å². The number of benzene rings is 2. The van der Waals surface area contributed by atoms with E-state index in [1.807, 2.05) is 37.3 Å². The van der Waals surface area contributed by atoms with Crippen molar-refractivity contribution in [3.8, 4) is 0 Å². The van der Waals surface area contributed by atoms with Crippen LogP contribution in [-0.4, -0.2) is 18.0 Å². The molecule has 4 heteroatoms. The van der Waals surface area contributed by atoms with Gasteiger partial charge in [-0.25, -0.2) is 4.79 Å². The van der Waals surface area contributed by atoms with Crippen molar-refractivity contribution in [3.63, 3.8) is 0 Å². The van der Waals surface area contributed by atoms with E-state index in [-0.39, 0.29) is 5.78 Å². The van der Waals surface area contributed by atoms with Crippen LogP contribution < -0.4 is 0 Å². The fourth-order valence-electron chi connectivity index (χ4n) is 2.32. The number of hydrogen-bond acceptors (Lipinski definition) is 4. The standard InChI is InChI=1S/C17H14O4/c1-11-7-9-13(10-8-11)15-16(21-17(19)20-15)14(18)12-5-3-2-4-6-12/h2-10,15-16H,1H3. The van der Waals surface area contributed by atoms with E-state index >= 15 is 0 Å². The van der Waals surface area contributed by atoms with Crippen molar-refractivity contribution in [1.82, 2.24) is 0 Å². The predicted octanol–water partition coefficient (Wildman–Crippen LogP) is 3.45. The first kappa shape index (κ1) is 13.4. The number of aryl methyl sites for hydroxylation is 1. The van der Waals surface area contributed by atoms with Gasteiger partial charge in [0.05, 0.1) is 0 Å². The largest absolute Gasteiger partial charge is 0.509 e. The lowest BCUT2D eigenvalue weighted by Crippen LogP contribution is -2.26. The molecule has 0 N–H and O–H groups in total. The molecule has 0 amide bonds. The van der Waals surface area contributed by atoms with Gasteiger partial charge in [0, 0.05) is 5.56 Å². The van der Waals surface area contributed by atoms with Crippen LogP contribution in [0.5, 0.6) is 0 Å². The Labute approximate surface area is 122 Å². The highest BCUT2D eigenvalue weighted by molar-refractivity contribution is 6.01. The average molecular weight is 282 g/mol. The van der Waals surface area contributed by atoms with Crippen molar-refractivity contribution in [2.24, 2.45) is 0 Å². The third kappa shape index (κ3) is 2.65. The summed E-state index contributed by atoms with van der Waals surface area (Å²) in [5.74, 6) is -0.257. The van der Waals surface area contributed by atoms with Crippen molar-refractivity contribution in [1.29, 1.82) is 0 Å². The van der Waals surface area contributed by atoms with Crippen molar-refractivity contribution < 1.29 is 19.1 Å². The summed E-state index contributed by atoms with van der Waals surface area (Å²) in [4.78, 5) is 23.9. The van der Waals surface area contributed by atoms with Gasteiger partial charge in [-0.1, -0.05) is 60.2 Å². The van der Waals surface area contributed by atoms with Crippen molar-refractivity contribution in [2.45, 2.75) is 19.1 Å². The molecule has 1 fully saturated rings. The highest BCUT2D eigenvalue weighted by Gasteiger charge is 2.42. The molecule has 1 saturated heterocycles. The second-order valence-electron chi connectivity index (χ2n) is 4.97. The van der Waals surface area contributed by atoms with Gasteiger partial charge in [0.25, 0.3) is 0 Å². The van der Waals surface area contributed by atoms with Gasteiger partial charge in [-0.15, -0.1) is 0 Å². The van der Waals surface area contributed by atoms with E-state index in [2.05, 4.69) is 0 Å². The molecule has 2 unspecified atom stereocenters. The lowest BCUT2D eigenvalue weighted by molar-refractivity contribution is 0.0716. The molecule has 4 nitrogen and oxygen atoms in total. The molecular formula is C17H14O4. The first-order valence-electron chi connectivity index (χ1n) is 6.68. The van der Waals surface area contributed by atoms with Crippen LogP contribution in [0.1, 0.15) is 27.6 Å². The number of ether oxygens (including phenoxy) is 2. The van der Waals surface area contributed by atoms with E-state index in [9.17, 15) is 9.59 Å². The SMILES string of the molecule is Cc1ccc(C2OC(=O)OC2C(=O)c2ccccc2)cc1. The summed E-state index contributed by atoms with van der Waals surface area (Å²) >= 11 is 0. The molecule has 1 heterocycles. The molecule has 0 bridgehead atoms. The molecule has 0 aliphatic carbocycles. The maximum Gasteiger partial charge on any atom is 0.509 e. The summed E-state index contributed by atoms with van der Waals surface area (Å²) in [5, 5.41) is 0. The normalized spacial score (nSPS) is 20.7. The summed E-state index contributed by atoms with van der Waals surface area (Å²) in [6.45, 7) is 1.97. The van der Waals surface area contributed by atoms with Gasteiger partial charge >= 0.3 is 6.16 Å². The fourth-order valence-corrected chi connectivity index (χ4v) is 2.32. The molecule has 1 aliphatic rings. The zero-order valence-electron chi connectivity index (χ0n) is 11.5. The first-order valence-corrected chi connectivity index (χ1v) is 6.68. The Morgan fingerprint density at radius 2 is 1.62 bits per heavy atom. The summed E-state index contributed by atoms with van der Waals surface area (Å²) in [6.07, 6.45) is -2.46. The molecule has 0 saturated carbocycles. The zero-order chi connectivity index (χ0) is 14.8. The minimum atomic E-state index is -0.942. The first-order chi connectivity index (χ1) is 10.1. The van der Waals surface area contributed by atoms with Crippen LogP contribution in [0.15, 0.2) is 54.6 Å². The molecular weight excluding hydrogens is 268 g/mol. The van der Waals surface area contributed by atoms with Gasteiger partial charge < -0.3 is 9.47 Å². The summed E-state index contributed by atoms with van der Waals surface area (Å²) in [5.41, 5.74) is 2.34. The quantitative estimate of drug-likeness (QED) is 0.639. The van der Waals surface area contributed by atoms with Gasteiger partial charge in [-0.2, -0.15) is 0 Å². The number of carbonyl (C=O) groups excluding carboxylic acids is 2. The van der Waals surface area contributed by atoms with E-state index in [0.29, 0.717) is 5.56 Å². The number of ketones is 1. The second-order valence-corrected chi connectivity index (χ2v) is 4.97. The Morgan fingerprint density at radius 1 is 0.952 bits per heavy atom. The molecule has 1 aliphatic heterocycles. The molecule has 2 atom stereocenters. The van der Waals surface area contributed by atoms with Gasteiger partial charge in [-0.05, 0) is 12.5 Å². The average Bonchev–Trinajstić information content (AvgIpc) is 2.90. The van der Waals surface area contributed by atoms with E-state index in [0.717, 1.165) is 11.1 Å². The number of rotatable bonds is 3. The van der Waals surface area contributed by atoms with E-state index < -0.39 is 18.4 Å². The van der Waals surface area contributed by atoms with Gasteiger partial charge in [0.1, 0.15) is 0 Å². The molecule has 21 heavy (non-hydrogen) atoms. The van der Waals surface area contributed by atoms with Crippen molar-refractivity contribution in [3.05, 3.63) is 71.3 Å². The van der Waals surface area contributed by atoms with Gasteiger partial charge in [-0.3, -0.25) is 4.79 Å². The minimum absolute atomic E-state index is 0.257. The van der Waals surface area contributed by atoms with Crippen molar-refractivity contribution in [2.75, 3.05) is 0 Å². The Balaban J connectivity index is 1.91.